The number of carbonyl (C=O) groups excluding carboxylic acids is 1. The lowest BCUT2D eigenvalue weighted by molar-refractivity contribution is -0.0225. The third kappa shape index (κ3) is 4.28. The van der Waals surface area contributed by atoms with Gasteiger partial charge in [0.25, 0.3) is 5.91 Å². The topological polar surface area (TPSA) is 91.4 Å². The first-order chi connectivity index (χ1) is 12.6. The Balaban J connectivity index is 1.57. The highest BCUT2D eigenvalue weighted by Crippen LogP contribution is 2.20. The molecule has 0 saturated heterocycles. The third-order valence-electron chi connectivity index (χ3n) is 4.68. The highest BCUT2D eigenvalue weighted by Gasteiger charge is 2.18. The summed E-state index contributed by atoms with van der Waals surface area (Å²) in [6.45, 7) is 0.121. The summed E-state index contributed by atoms with van der Waals surface area (Å²) < 4.78 is 19.3. The zero-order valence-corrected chi connectivity index (χ0v) is 14.5. The number of benzene rings is 1. The number of fused-ring (bicyclic) bond motifs is 1. The van der Waals surface area contributed by atoms with Gasteiger partial charge in [-0.2, -0.15) is 0 Å². The zero-order valence-electron chi connectivity index (χ0n) is 14.5. The number of carbonyl (C=O) groups is 1. The number of nitrogens with one attached hydrogen (secondary N) is 2. The van der Waals surface area contributed by atoms with Crippen molar-refractivity contribution in [3.8, 4) is 0 Å². The Kier molecular flexibility index (Phi) is 6.00. The number of aliphatic hydroxyl groups is 1. The lowest BCUT2D eigenvalue weighted by atomic mass is 9.98. The molecule has 1 aromatic carbocycles. The average molecular weight is 362 g/mol. The molecule has 7 heteroatoms. The molecule has 0 unspecified atom stereocenters. The summed E-state index contributed by atoms with van der Waals surface area (Å²) in [5, 5.41) is 12.6. The average Bonchev–Trinajstić information content (AvgIpc) is 2.66. The van der Waals surface area contributed by atoms with Crippen LogP contribution in [-0.4, -0.2) is 41.4 Å². The second kappa shape index (κ2) is 8.42. The molecule has 0 radical (unpaired) electrons. The number of halogens is 1. The van der Waals surface area contributed by atoms with E-state index in [2.05, 4.69) is 10.3 Å². The minimum Gasteiger partial charge on any atom is -0.389 e. The fraction of sp³-hybridized carbons (Fsp3) is 0.474. The van der Waals surface area contributed by atoms with Crippen molar-refractivity contribution in [3.05, 3.63) is 46.0 Å². The van der Waals surface area contributed by atoms with Crippen molar-refractivity contribution in [1.82, 2.24) is 10.3 Å². The van der Waals surface area contributed by atoms with E-state index in [0.717, 1.165) is 25.7 Å². The van der Waals surface area contributed by atoms with Gasteiger partial charge in [0.05, 0.1) is 24.3 Å². The molecular formula is C19H23FN2O4. The molecule has 1 heterocycles. The molecule has 1 fully saturated rings. The second-order valence-electron chi connectivity index (χ2n) is 6.65. The largest absolute Gasteiger partial charge is 0.389 e. The van der Waals surface area contributed by atoms with Crippen LogP contribution in [0.15, 0.2) is 29.2 Å². The number of amides is 1. The van der Waals surface area contributed by atoms with Crippen molar-refractivity contribution < 1.29 is 19.0 Å². The van der Waals surface area contributed by atoms with Gasteiger partial charge in [0.2, 0.25) is 5.43 Å². The molecule has 3 rings (SSSR count). The van der Waals surface area contributed by atoms with Crippen LogP contribution >= 0.6 is 0 Å². The Bertz CT molecular complexity index is 830. The molecule has 6 nitrogen and oxygen atoms in total. The highest BCUT2D eigenvalue weighted by molar-refractivity contribution is 5.97. The first-order valence-corrected chi connectivity index (χ1v) is 8.94. The van der Waals surface area contributed by atoms with Crippen molar-refractivity contribution in [1.29, 1.82) is 0 Å². The number of aromatic nitrogens is 1. The van der Waals surface area contributed by atoms with Crippen LogP contribution < -0.4 is 10.7 Å². The van der Waals surface area contributed by atoms with Gasteiger partial charge >= 0.3 is 0 Å². The van der Waals surface area contributed by atoms with E-state index in [1.54, 1.807) is 0 Å². The molecule has 26 heavy (non-hydrogen) atoms. The molecule has 1 saturated carbocycles. The smallest absolute Gasteiger partial charge is 0.256 e. The van der Waals surface area contributed by atoms with Crippen molar-refractivity contribution in [2.24, 2.45) is 0 Å². The van der Waals surface area contributed by atoms with Gasteiger partial charge in [0.1, 0.15) is 11.4 Å². The summed E-state index contributed by atoms with van der Waals surface area (Å²) >= 11 is 0. The maximum absolute atomic E-state index is 13.7. The van der Waals surface area contributed by atoms with Gasteiger partial charge < -0.3 is 20.1 Å². The second-order valence-corrected chi connectivity index (χ2v) is 6.65. The molecule has 3 N–H and O–H groups in total. The van der Waals surface area contributed by atoms with Crippen LogP contribution in [0.1, 0.15) is 42.5 Å². The van der Waals surface area contributed by atoms with E-state index in [-0.39, 0.29) is 35.7 Å². The van der Waals surface area contributed by atoms with Gasteiger partial charge in [-0.1, -0.05) is 25.3 Å². The van der Waals surface area contributed by atoms with Gasteiger partial charge in [0.15, 0.2) is 0 Å². The van der Waals surface area contributed by atoms with E-state index in [1.165, 1.54) is 30.8 Å². The van der Waals surface area contributed by atoms with Crippen LogP contribution in [0.25, 0.3) is 10.9 Å². The van der Waals surface area contributed by atoms with Gasteiger partial charge in [-0.25, -0.2) is 4.39 Å². The molecular weight excluding hydrogens is 339 g/mol. The number of aliphatic hydroxyl groups excluding tert-OH is 1. The number of ether oxygens (including phenoxy) is 1. The molecule has 1 amide bonds. The molecule has 2 aromatic rings. The van der Waals surface area contributed by atoms with E-state index in [0.29, 0.717) is 0 Å². The van der Waals surface area contributed by atoms with Crippen LogP contribution in [0.5, 0.6) is 0 Å². The third-order valence-corrected chi connectivity index (χ3v) is 4.68. The number of aromatic amines is 1. The Morgan fingerprint density at radius 2 is 2.12 bits per heavy atom. The first-order valence-electron chi connectivity index (χ1n) is 8.94. The molecule has 1 aromatic heterocycles. The van der Waals surface area contributed by atoms with Gasteiger partial charge in [-0.15, -0.1) is 0 Å². The van der Waals surface area contributed by atoms with E-state index < -0.39 is 23.3 Å². The number of rotatable bonds is 6. The summed E-state index contributed by atoms with van der Waals surface area (Å²) in [5.41, 5.74) is -0.609. The van der Waals surface area contributed by atoms with Crippen LogP contribution in [0, 0.1) is 5.82 Å². The lowest BCUT2D eigenvalue weighted by Gasteiger charge is -2.23. The van der Waals surface area contributed by atoms with E-state index in [1.807, 2.05) is 0 Å². The monoisotopic (exact) mass is 362 g/mol. The van der Waals surface area contributed by atoms with Crippen molar-refractivity contribution in [3.63, 3.8) is 0 Å². The quantitative estimate of drug-likeness (QED) is 0.734. The van der Waals surface area contributed by atoms with Crippen LogP contribution in [0.2, 0.25) is 0 Å². The summed E-state index contributed by atoms with van der Waals surface area (Å²) in [6.07, 6.45) is 6.03. The van der Waals surface area contributed by atoms with Gasteiger partial charge in [0, 0.05) is 18.1 Å². The Hall–Kier alpha value is -2.25. The maximum Gasteiger partial charge on any atom is 0.256 e. The lowest BCUT2D eigenvalue weighted by Crippen LogP contribution is -2.37. The summed E-state index contributed by atoms with van der Waals surface area (Å²) in [4.78, 5) is 27.2. The standard InChI is InChI=1S/C19H23FN2O4/c20-16-8-4-7-14-17(16)21-10-15(18(14)24)19(25)22-9-12(23)11-26-13-5-2-1-3-6-13/h4,7-8,10,12-13,23H,1-3,5-6,9,11H2,(H,21,24)(H,22,25)/t12-/m0/s1. The van der Waals surface area contributed by atoms with Crippen molar-refractivity contribution in [2.45, 2.75) is 44.3 Å². The number of H-pyrrole nitrogens is 1. The summed E-state index contributed by atoms with van der Waals surface area (Å²) in [6, 6.07) is 4.11. The molecule has 1 aliphatic carbocycles. The van der Waals surface area contributed by atoms with Crippen molar-refractivity contribution >= 4 is 16.8 Å². The normalized spacial score (nSPS) is 16.5. The molecule has 1 aliphatic rings. The Labute approximate surface area is 150 Å². The van der Waals surface area contributed by atoms with E-state index >= 15 is 0 Å². The Morgan fingerprint density at radius 3 is 2.88 bits per heavy atom. The van der Waals surface area contributed by atoms with Crippen LogP contribution in [-0.2, 0) is 4.74 Å². The maximum atomic E-state index is 13.7. The predicted octanol–water partition coefficient (Wildman–Crippen LogP) is 2.11. The summed E-state index contributed by atoms with van der Waals surface area (Å²) in [5.74, 6) is -1.17. The van der Waals surface area contributed by atoms with Crippen LogP contribution in [0.3, 0.4) is 0 Å². The minimum absolute atomic E-state index is 0.0216. The summed E-state index contributed by atoms with van der Waals surface area (Å²) in [7, 11) is 0. The Morgan fingerprint density at radius 1 is 1.35 bits per heavy atom. The molecule has 0 bridgehead atoms. The number of pyridine rings is 1. The predicted molar refractivity (Wildman–Crippen MR) is 95.7 cm³/mol. The SMILES string of the molecule is O=C(NC[C@H](O)COC1CCCCC1)c1c[nH]c2c(F)cccc2c1=O. The molecule has 0 aliphatic heterocycles. The molecule has 1 atom stereocenters. The minimum atomic E-state index is -0.849. The van der Waals surface area contributed by atoms with E-state index in [9.17, 15) is 19.1 Å². The van der Waals surface area contributed by atoms with Crippen LogP contribution in [0.4, 0.5) is 4.39 Å². The number of hydrogen-bond donors (Lipinski definition) is 3. The highest BCUT2D eigenvalue weighted by atomic mass is 19.1. The fourth-order valence-electron chi connectivity index (χ4n) is 3.23. The van der Waals surface area contributed by atoms with Crippen molar-refractivity contribution in [2.75, 3.05) is 13.2 Å². The molecule has 0 spiro atoms. The molecule has 140 valence electrons. The van der Waals surface area contributed by atoms with Gasteiger partial charge in [-0.3, -0.25) is 9.59 Å². The number of hydrogen-bond acceptors (Lipinski definition) is 4. The number of para-hydroxylation sites is 1. The zero-order chi connectivity index (χ0) is 18.5. The first kappa shape index (κ1) is 18.5. The van der Waals surface area contributed by atoms with Gasteiger partial charge in [-0.05, 0) is 25.0 Å². The van der Waals surface area contributed by atoms with E-state index in [4.69, 9.17) is 4.74 Å². The fourth-order valence-corrected chi connectivity index (χ4v) is 3.23.